The third-order valence-corrected chi connectivity index (χ3v) is 3.59. The van der Waals surface area contributed by atoms with Crippen molar-refractivity contribution in [1.82, 2.24) is 9.97 Å². The fraction of sp³-hybridized carbons (Fsp3) is 0. The number of benzene rings is 1. The summed E-state index contributed by atoms with van der Waals surface area (Å²) in [5.74, 6) is -0.263. The third-order valence-electron chi connectivity index (χ3n) is 2.66. The van der Waals surface area contributed by atoms with E-state index in [1.54, 1.807) is 18.3 Å². The molecule has 0 aliphatic heterocycles. The summed E-state index contributed by atoms with van der Waals surface area (Å²) in [6.45, 7) is 0. The standard InChI is InChI=1S/C14H10FN3S/c15-10-6-4-9(5-7-10)13-12(18-14(16)19-13)11-3-1-2-8-17-11/h1-8H,(H2,16,18). The van der Waals surface area contributed by atoms with Crippen molar-refractivity contribution in [3.63, 3.8) is 0 Å². The Kier molecular flexibility index (Phi) is 2.97. The minimum Gasteiger partial charge on any atom is -0.375 e. The first-order valence-corrected chi connectivity index (χ1v) is 6.49. The number of rotatable bonds is 2. The lowest BCUT2D eigenvalue weighted by Gasteiger charge is -2.01. The van der Waals surface area contributed by atoms with Gasteiger partial charge in [0.2, 0.25) is 0 Å². The minimum absolute atomic E-state index is 0.263. The number of nitrogens with zero attached hydrogens (tertiary/aromatic N) is 2. The molecule has 2 aromatic heterocycles. The normalized spacial score (nSPS) is 10.6. The number of anilines is 1. The first kappa shape index (κ1) is 11.8. The second kappa shape index (κ2) is 4.78. The first-order valence-electron chi connectivity index (χ1n) is 5.67. The van der Waals surface area contributed by atoms with Crippen molar-refractivity contribution in [2.24, 2.45) is 0 Å². The quantitative estimate of drug-likeness (QED) is 0.775. The lowest BCUT2D eigenvalue weighted by molar-refractivity contribution is 0.628. The van der Waals surface area contributed by atoms with Crippen LogP contribution in [-0.4, -0.2) is 9.97 Å². The van der Waals surface area contributed by atoms with Crippen molar-refractivity contribution in [2.75, 3.05) is 5.73 Å². The van der Waals surface area contributed by atoms with Crippen LogP contribution < -0.4 is 5.73 Å². The maximum atomic E-state index is 13.0. The van der Waals surface area contributed by atoms with Gasteiger partial charge in [0.25, 0.3) is 0 Å². The number of nitrogen functional groups attached to an aromatic ring is 1. The van der Waals surface area contributed by atoms with E-state index in [1.165, 1.54) is 23.5 Å². The van der Waals surface area contributed by atoms with Gasteiger partial charge < -0.3 is 5.73 Å². The van der Waals surface area contributed by atoms with Crippen LogP contribution in [0.2, 0.25) is 0 Å². The largest absolute Gasteiger partial charge is 0.375 e. The second-order valence-electron chi connectivity index (χ2n) is 3.95. The van der Waals surface area contributed by atoms with Crippen molar-refractivity contribution >= 4 is 16.5 Å². The number of pyridine rings is 1. The molecular formula is C14H10FN3S. The zero-order valence-electron chi connectivity index (χ0n) is 9.88. The monoisotopic (exact) mass is 271 g/mol. The molecule has 2 heterocycles. The maximum absolute atomic E-state index is 13.0. The van der Waals surface area contributed by atoms with Gasteiger partial charge in [-0.2, -0.15) is 0 Å². The van der Waals surface area contributed by atoms with E-state index in [9.17, 15) is 4.39 Å². The van der Waals surface area contributed by atoms with Crippen LogP contribution in [0.5, 0.6) is 0 Å². The molecule has 0 aliphatic carbocycles. The molecule has 1 aromatic carbocycles. The molecule has 0 radical (unpaired) electrons. The number of hydrogen-bond donors (Lipinski definition) is 1. The van der Waals surface area contributed by atoms with Gasteiger partial charge in [-0.25, -0.2) is 9.37 Å². The molecule has 0 saturated carbocycles. The van der Waals surface area contributed by atoms with Crippen LogP contribution in [0, 0.1) is 5.82 Å². The third kappa shape index (κ3) is 2.32. The molecule has 0 aliphatic rings. The fourth-order valence-corrected chi connectivity index (χ4v) is 2.66. The van der Waals surface area contributed by atoms with E-state index in [1.807, 2.05) is 18.2 Å². The number of halogens is 1. The SMILES string of the molecule is Nc1nc(-c2ccccn2)c(-c2ccc(F)cc2)s1. The highest BCUT2D eigenvalue weighted by Gasteiger charge is 2.14. The van der Waals surface area contributed by atoms with Crippen molar-refractivity contribution in [3.05, 3.63) is 54.5 Å². The van der Waals surface area contributed by atoms with E-state index in [4.69, 9.17) is 5.73 Å². The smallest absolute Gasteiger partial charge is 0.181 e. The van der Waals surface area contributed by atoms with Crippen molar-refractivity contribution in [2.45, 2.75) is 0 Å². The molecule has 0 fully saturated rings. The van der Waals surface area contributed by atoms with Gasteiger partial charge in [-0.1, -0.05) is 29.5 Å². The van der Waals surface area contributed by atoms with Crippen LogP contribution >= 0.6 is 11.3 Å². The highest BCUT2D eigenvalue weighted by Crippen LogP contribution is 2.36. The van der Waals surface area contributed by atoms with E-state index in [-0.39, 0.29) is 5.82 Å². The molecule has 3 rings (SSSR count). The highest BCUT2D eigenvalue weighted by atomic mass is 32.1. The molecule has 3 nitrogen and oxygen atoms in total. The van der Waals surface area contributed by atoms with Crippen LogP contribution in [0.1, 0.15) is 0 Å². The van der Waals surface area contributed by atoms with Gasteiger partial charge in [0.15, 0.2) is 5.13 Å². The van der Waals surface area contributed by atoms with Gasteiger partial charge in [0, 0.05) is 6.20 Å². The van der Waals surface area contributed by atoms with E-state index >= 15 is 0 Å². The molecule has 0 amide bonds. The molecule has 0 bridgehead atoms. The van der Waals surface area contributed by atoms with Crippen LogP contribution in [0.15, 0.2) is 48.7 Å². The first-order chi connectivity index (χ1) is 9.24. The van der Waals surface area contributed by atoms with E-state index in [0.717, 1.165) is 21.8 Å². The summed E-state index contributed by atoms with van der Waals surface area (Å²) in [5.41, 5.74) is 8.17. The topological polar surface area (TPSA) is 51.8 Å². The van der Waals surface area contributed by atoms with Gasteiger partial charge in [0.05, 0.1) is 10.6 Å². The van der Waals surface area contributed by atoms with Crippen molar-refractivity contribution in [1.29, 1.82) is 0 Å². The Labute approximate surface area is 113 Å². The Hall–Kier alpha value is -2.27. The van der Waals surface area contributed by atoms with Gasteiger partial charge in [0.1, 0.15) is 11.5 Å². The van der Waals surface area contributed by atoms with Gasteiger partial charge in [-0.15, -0.1) is 0 Å². The zero-order valence-corrected chi connectivity index (χ0v) is 10.7. The summed E-state index contributed by atoms with van der Waals surface area (Å²) in [4.78, 5) is 9.50. The summed E-state index contributed by atoms with van der Waals surface area (Å²) in [6.07, 6.45) is 1.71. The van der Waals surface area contributed by atoms with Gasteiger partial charge in [-0.3, -0.25) is 4.98 Å². The Morgan fingerprint density at radius 2 is 1.84 bits per heavy atom. The molecule has 94 valence electrons. The Morgan fingerprint density at radius 3 is 2.53 bits per heavy atom. The van der Waals surface area contributed by atoms with Crippen LogP contribution in [0.4, 0.5) is 9.52 Å². The lowest BCUT2D eigenvalue weighted by Crippen LogP contribution is -1.87. The summed E-state index contributed by atoms with van der Waals surface area (Å²) in [5, 5.41) is 0.472. The predicted molar refractivity (Wildman–Crippen MR) is 75.2 cm³/mol. The molecule has 2 N–H and O–H groups in total. The van der Waals surface area contributed by atoms with Crippen LogP contribution in [0.3, 0.4) is 0 Å². The molecular weight excluding hydrogens is 261 g/mol. The predicted octanol–water partition coefficient (Wildman–Crippen LogP) is 3.59. The van der Waals surface area contributed by atoms with Crippen molar-refractivity contribution in [3.8, 4) is 21.8 Å². The van der Waals surface area contributed by atoms with Crippen molar-refractivity contribution < 1.29 is 4.39 Å². The fourth-order valence-electron chi connectivity index (χ4n) is 1.81. The average Bonchev–Trinajstić information content (AvgIpc) is 2.83. The molecule has 0 saturated heterocycles. The Bertz CT molecular complexity index is 692. The summed E-state index contributed by atoms with van der Waals surface area (Å²) >= 11 is 1.37. The number of aromatic nitrogens is 2. The average molecular weight is 271 g/mol. The minimum atomic E-state index is -0.263. The second-order valence-corrected chi connectivity index (χ2v) is 4.98. The summed E-state index contributed by atoms with van der Waals surface area (Å²) in [6, 6.07) is 11.9. The van der Waals surface area contributed by atoms with Crippen LogP contribution in [0.25, 0.3) is 21.8 Å². The zero-order chi connectivity index (χ0) is 13.2. The van der Waals surface area contributed by atoms with E-state index in [2.05, 4.69) is 9.97 Å². The number of hydrogen-bond acceptors (Lipinski definition) is 4. The molecule has 19 heavy (non-hydrogen) atoms. The molecule has 3 aromatic rings. The summed E-state index contributed by atoms with van der Waals surface area (Å²) in [7, 11) is 0. The molecule has 5 heteroatoms. The molecule has 0 atom stereocenters. The maximum Gasteiger partial charge on any atom is 0.181 e. The number of thiazole rings is 1. The number of nitrogens with two attached hydrogens (primary N) is 1. The van der Waals surface area contributed by atoms with Crippen LogP contribution in [-0.2, 0) is 0 Å². The summed E-state index contributed by atoms with van der Waals surface area (Å²) < 4.78 is 13.0. The van der Waals surface area contributed by atoms with Gasteiger partial charge >= 0.3 is 0 Å². The Morgan fingerprint density at radius 1 is 1.05 bits per heavy atom. The highest BCUT2D eigenvalue weighted by molar-refractivity contribution is 7.19. The lowest BCUT2D eigenvalue weighted by atomic mass is 10.1. The Balaban J connectivity index is 2.15. The molecule has 0 spiro atoms. The van der Waals surface area contributed by atoms with E-state index in [0.29, 0.717) is 5.13 Å². The van der Waals surface area contributed by atoms with E-state index < -0.39 is 0 Å². The molecule has 0 unspecified atom stereocenters. The van der Waals surface area contributed by atoms with Gasteiger partial charge in [-0.05, 0) is 29.8 Å².